The van der Waals surface area contributed by atoms with Crippen molar-refractivity contribution in [2.45, 2.75) is 38.1 Å². The Labute approximate surface area is 169 Å². The third-order valence-corrected chi connectivity index (χ3v) is 6.89. The molecule has 0 spiro atoms. The third-order valence-electron chi connectivity index (χ3n) is 6.40. The highest BCUT2D eigenvalue weighted by molar-refractivity contribution is 9.10. The lowest BCUT2D eigenvalue weighted by atomic mass is 9.74. The summed E-state index contributed by atoms with van der Waals surface area (Å²) in [5.41, 5.74) is 7.14. The highest BCUT2D eigenvalue weighted by Crippen LogP contribution is 2.41. The molecular weight excluding hydrogens is 396 g/mol. The molecule has 1 aliphatic carbocycles. The first-order chi connectivity index (χ1) is 13.2. The molecule has 27 heavy (non-hydrogen) atoms. The number of benzene rings is 2. The summed E-state index contributed by atoms with van der Waals surface area (Å²) in [5, 5.41) is 5.19. The molecule has 2 N–H and O–H groups in total. The van der Waals surface area contributed by atoms with Gasteiger partial charge in [0.15, 0.2) is 0 Å². The molecule has 1 aromatic heterocycles. The lowest BCUT2D eigenvalue weighted by molar-refractivity contribution is 0.306. The van der Waals surface area contributed by atoms with Crippen LogP contribution in [0.4, 0.5) is 0 Å². The van der Waals surface area contributed by atoms with Gasteiger partial charge in [-0.25, -0.2) is 0 Å². The predicted molar refractivity (Wildman–Crippen MR) is 117 cm³/mol. The largest absolute Gasteiger partial charge is 0.358 e. The second-order valence-corrected chi connectivity index (χ2v) is 9.04. The van der Waals surface area contributed by atoms with Crippen LogP contribution in [0.25, 0.3) is 16.5 Å². The van der Waals surface area contributed by atoms with Crippen LogP contribution in [-0.4, -0.2) is 17.6 Å². The molecule has 2 aliphatic rings. The maximum Gasteiger partial charge on any atom is 0.0459 e. The van der Waals surface area contributed by atoms with E-state index in [0.29, 0.717) is 17.9 Å². The van der Waals surface area contributed by atoms with E-state index in [-0.39, 0.29) is 0 Å². The van der Waals surface area contributed by atoms with Crippen LogP contribution in [0.15, 0.2) is 59.1 Å². The fraction of sp³-hybridized carbons (Fsp3) is 0.333. The number of nitrogens with one attached hydrogen (secondary N) is 2. The van der Waals surface area contributed by atoms with Gasteiger partial charge in [-0.3, -0.25) is 0 Å². The Morgan fingerprint density at radius 3 is 2.74 bits per heavy atom. The van der Waals surface area contributed by atoms with Crippen molar-refractivity contribution < 1.29 is 0 Å². The first-order valence-electron chi connectivity index (χ1n) is 9.97. The van der Waals surface area contributed by atoms with Gasteiger partial charge in [0.2, 0.25) is 0 Å². The molecule has 0 radical (unpaired) electrons. The molecule has 3 unspecified atom stereocenters. The van der Waals surface area contributed by atoms with Gasteiger partial charge in [-0.05, 0) is 66.0 Å². The lowest BCUT2D eigenvalue weighted by Crippen LogP contribution is -2.41. The molecule has 2 aromatic carbocycles. The summed E-state index contributed by atoms with van der Waals surface area (Å²) in [5.74, 6) is 1.26. The van der Waals surface area contributed by atoms with Crippen LogP contribution in [-0.2, 0) is 6.42 Å². The molecule has 0 amide bonds. The lowest BCUT2D eigenvalue weighted by Gasteiger charge is -2.36. The van der Waals surface area contributed by atoms with Gasteiger partial charge in [0.05, 0.1) is 0 Å². The van der Waals surface area contributed by atoms with Crippen LogP contribution in [0.3, 0.4) is 0 Å². The zero-order valence-electron chi connectivity index (χ0n) is 15.6. The van der Waals surface area contributed by atoms with Crippen molar-refractivity contribution in [3.63, 3.8) is 0 Å². The maximum absolute atomic E-state index is 3.80. The Morgan fingerprint density at radius 1 is 1.04 bits per heavy atom. The molecule has 138 valence electrons. The van der Waals surface area contributed by atoms with Gasteiger partial charge < -0.3 is 10.3 Å². The van der Waals surface area contributed by atoms with Crippen molar-refractivity contribution in [2.24, 2.45) is 5.92 Å². The van der Waals surface area contributed by atoms with Crippen molar-refractivity contribution in [3.05, 3.63) is 75.9 Å². The molecule has 1 aliphatic heterocycles. The molecule has 2 nitrogen and oxygen atoms in total. The zero-order valence-corrected chi connectivity index (χ0v) is 17.2. The fourth-order valence-corrected chi connectivity index (χ4v) is 5.41. The van der Waals surface area contributed by atoms with Gasteiger partial charge in [0.1, 0.15) is 0 Å². The smallest absolute Gasteiger partial charge is 0.0459 e. The number of halogens is 1. The van der Waals surface area contributed by atoms with Gasteiger partial charge in [-0.15, -0.1) is 0 Å². The summed E-state index contributed by atoms with van der Waals surface area (Å²) >= 11 is 3.65. The second-order valence-electron chi connectivity index (χ2n) is 8.12. The van der Waals surface area contributed by atoms with E-state index in [1.165, 1.54) is 39.7 Å². The Bertz CT molecular complexity index is 1000. The molecule has 0 bridgehead atoms. The fourth-order valence-electron chi connectivity index (χ4n) is 5.05. The molecular formula is C24H25BrN2. The van der Waals surface area contributed by atoms with Crippen LogP contribution in [0, 0.1) is 5.92 Å². The minimum absolute atomic E-state index is 0.554. The van der Waals surface area contributed by atoms with Crippen molar-refractivity contribution in [2.75, 3.05) is 6.54 Å². The molecule has 2 heterocycles. The molecule has 3 atom stereocenters. The van der Waals surface area contributed by atoms with Crippen LogP contribution < -0.4 is 5.32 Å². The minimum atomic E-state index is 0.554. The molecule has 3 aromatic rings. The van der Waals surface area contributed by atoms with E-state index in [1.807, 2.05) is 0 Å². The van der Waals surface area contributed by atoms with Gasteiger partial charge in [0, 0.05) is 33.7 Å². The summed E-state index contributed by atoms with van der Waals surface area (Å²) in [6.45, 7) is 3.36. The maximum atomic E-state index is 3.80. The Hall–Kier alpha value is -1.84. The number of aromatic amines is 1. The SMILES string of the molecule is CC1CC(C2CC(c3ccccc3)=CCN2)Cc2c1[nH]c1ccc(Br)cc21. The van der Waals surface area contributed by atoms with Crippen molar-refractivity contribution in [1.29, 1.82) is 0 Å². The first-order valence-corrected chi connectivity index (χ1v) is 10.8. The Kier molecular flexibility index (Phi) is 4.45. The normalized spacial score (nSPS) is 25.3. The van der Waals surface area contributed by atoms with Crippen LogP contribution in [0.2, 0.25) is 0 Å². The molecule has 0 saturated heterocycles. The van der Waals surface area contributed by atoms with Crippen molar-refractivity contribution in [3.8, 4) is 0 Å². The van der Waals surface area contributed by atoms with Crippen LogP contribution >= 0.6 is 15.9 Å². The standard InChI is InChI=1S/C24H25BrN2/c1-15-11-18(12-21-20-14-19(25)7-8-22(20)27-24(15)21)23-13-17(9-10-26-23)16-5-3-2-4-6-16/h2-9,14-15,18,23,26-27H,10-13H2,1H3. The summed E-state index contributed by atoms with van der Waals surface area (Å²) in [4.78, 5) is 3.70. The third kappa shape index (κ3) is 3.17. The van der Waals surface area contributed by atoms with E-state index in [2.05, 4.69) is 87.8 Å². The Morgan fingerprint density at radius 2 is 1.89 bits per heavy atom. The summed E-state index contributed by atoms with van der Waals surface area (Å²) in [6, 6.07) is 18.0. The minimum Gasteiger partial charge on any atom is -0.358 e. The number of hydrogen-bond donors (Lipinski definition) is 2. The quantitative estimate of drug-likeness (QED) is 0.519. The number of fused-ring (bicyclic) bond motifs is 3. The van der Waals surface area contributed by atoms with E-state index in [0.717, 1.165) is 23.9 Å². The topological polar surface area (TPSA) is 27.8 Å². The van der Waals surface area contributed by atoms with E-state index in [9.17, 15) is 0 Å². The predicted octanol–water partition coefficient (Wildman–Crippen LogP) is 6.04. The number of aromatic nitrogens is 1. The van der Waals surface area contributed by atoms with E-state index in [4.69, 9.17) is 0 Å². The van der Waals surface area contributed by atoms with Crippen molar-refractivity contribution in [1.82, 2.24) is 10.3 Å². The number of rotatable bonds is 2. The van der Waals surface area contributed by atoms with E-state index in [1.54, 1.807) is 0 Å². The summed E-state index contributed by atoms with van der Waals surface area (Å²) in [6.07, 6.45) is 5.91. The first kappa shape index (κ1) is 17.3. The summed E-state index contributed by atoms with van der Waals surface area (Å²) < 4.78 is 1.16. The second kappa shape index (κ2) is 6.96. The molecule has 0 saturated carbocycles. The molecule has 5 rings (SSSR count). The Balaban J connectivity index is 1.43. The highest BCUT2D eigenvalue weighted by Gasteiger charge is 2.33. The van der Waals surface area contributed by atoms with Gasteiger partial charge >= 0.3 is 0 Å². The van der Waals surface area contributed by atoms with Crippen LogP contribution in [0.1, 0.15) is 42.5 Å². The van der Waals surface area contributed by atoms with Gasteiger partial charge in [0.25, 0.3) is 0 Å². The van der Waals surface area contributed by atoms with Gasteiger partial charge in [-0.2, -0.15) is 0 Å². The summed E-state index contributed by atoms with van der Waals surface area (Å²) in [7, 11) is 0. The average molecular weight is 421 g/mol. The van der Waals surface area contributed by atoms with E-state index >= 15 is 0 Å². The number of H-pyrrole nitrogens is 1. The van der Waals surface area contributed by atoms with E-state index < -0.39 is 0 Å². The molecule has 0 fully saturated rings. The van der Waals surface area contributed by atoms with Gasteiger partial charge in [-0.1, -0.05) is 59.3 Å². The average Bonchev–Trinajstić information content (AvgIpc) is 3.07. The van der Waals surface area contributed by atoms with Crippen LogP contribution in [0.5, 0.6) is 0 Å². The monoisotopic (exact) mass is 420 g/mol. The zero-order chi connectivity index (χ0) is 18.4. The van der Waals surface area contributed by atoms with Crippen molar-refractivity contribution >= 4 is 32.4 Å². The highest BCUT2D eigenvalue weighted by atomic mass is 79.9. The molecule has 3 heteroatoms. The number of hydrogen-bond acceptors (Lipinski definition) is 1.